The Morgan fingerprint density at radius 1 is 1.10 bits per heavy atom. The third-order valence-electron chi connectivity index (χ3n) is 3.99. The summed E-state index contributed by atoms with van der Waals surface area (Å²) in [5.74, 6) is -2.15. The normalized spacial score (nSPS) is 12.1. The minimum absolute atomic E-state index is 0.0354. The molecule has 0 unspecified atom stereocenters. The molecular formula is C19H18F4O5S. The molecule has 10 heteroatoms. The zero-order valence-electron chi connectivity index (χ0n) is 15.7. The summed E-state index contributed by atoms with van der Waals surface area (Å²) in [6, 6.07) is 5.26. The van der Waals surface area contributed by atoms with Crippen molar-refractivity contribution >= 4 is 15.8 Å². The van der Waals surface area contributed by atoms with Gasteiger partial charge < -0.3 is 0 Å². The topological polar surface area (TPSA) is 69.7 Å². The zero-order chi connectivity index (χ0) is 22.0. The van der Waals surface area contributed by atoms with E-state index < -0.39 is 43.5 Å². The van der Waals surface area contributed by atoms with Crippen LogP contribution in [0.2, 0.25) is 0 Å². The first-order chi connectivity index (χ1) is 13.4. The van der Waals surface area contributed by atoms with Crippen molar-refractivity contribution in [2.45, 2.75) is 43.5 Å². The molecule has 0 fully saturated rings. The third-order valence-corrected chi connectivity index (χ3v) is 6.18. The molecule has 0 aliphatic carbocycles. The average Bonchev–Trinajstić information content (AvgIpc) is 2.64. The van der Waals surface area contributed by atoms with Crippen LogP contribution < -0.4 is 4.89 Å². The minimum atomic E-state index is -4.69. The highest BCUT2D eigenvalue weighted by atomic mass is 32.2. The SMILES string of the molecule is CCC(=O)OOc1ccc(C(F)(F)F)cc1-c1ccc(S(=O)(=O)C(C)C)c(F)c1. The van der Waals surface area contributed by atoms with Crippen molar-refractivity contribution < 1.29 is 40.5 Å². The van der Waals surface area contributed by atoms with Crippen LogP contribution in [0.4, 0.5) is 17.6 Å². The number of sulfone groups is 1. The molecule has 0 aliphatic rings. The maximum absolute atomic E-state index is 14.5. The molecule has 0 atom stereocenters. The van der Waals surface area contributed by atoms with Gasteiger partial charge in [0.05, 0.1) is 10.8 Å². The summed E-state index contributed by atoms with van der Waals surface area (Å²) in [4.78, 5) is 20.0. The predicted octanol–water partition coefficient (Wildman–Crippen LogP) is 4.94. The molecule has 158 valence electrons. The molecule has 0 bridgehead atoms. The summed E-state index contributed by atoms with van der Waals surface area (Å²) in [5, 5.41) is -0.885. The largest absolute Gasteiger partial charge is 0.416 e. The summed E-state index contributed by atoms with van der Waals surface area (Å²) in [6.45, 7) is 4.25. The molecular weight excluding hydrogens is 416 g/mol. The van der Waals surface area contributed by atoms with Crippen molar-refractivity contribution in [3.63, 3.8) is 0 Å². The third kappa shape index (κ3) is 5.06. The molecule has 2 aromatic rings. The van der Waals surface area contributed by atoms with E-state index in [1.165, 1.54) is 20.8 Å². The van der Waals surface area contributed by atoms with E-state index in [1.54, 1.807) is 0 Å². The molecule has 0 aromatic heterocycles. The Bertz CT molecular complexity index is 1010. The lowest BCUT2D eigenvalue weighted by molar-refractivity contribution is -0.213. The molecule has 0 radical (unpaired) electrons. The van der Waals surface area contributed by atoms with Gasteiger partial charge in [-0.1, -0.05) is 13.0 Å². The highest BCUT2D eigenvalue weighted by Gasteiger charge is 2.32. The Morgan fingerprint density at radius 3 is 2.28 bits per heavy atom. The van der Waals surface area contributed by atoms with Crippen LogP contribution >= 0.6 is 0 Å². The number of alkyl halides is 3. The summed E-state index contributed by atoms with van der Waals surface area (Å²) >= 11 is 0. The lowest BCUT2D eigenvalue weighted by atomic mass is 10.0. The Hall–Kier alpha value is -2.62. The Kier molecular flexibility index (Phi) is 6.56. The number of hydrogen-bond acceptors (Lipinski definition) is 5. The second kappa shape index (κ2) is 8.40. The smallest absolute Gasteiger partial charge is 0.286 e. The van der Waals surface area contributed by atoms with Crippen molar-refractivity contribution in [3.8, 4) is 16.9 Å². The van der Waals surface area contributed by atoms with Gasteiger partial charge in [0.1, 0.15) is 10.7 Å². The van der Waals surface area contributed by atoms with Gasteiger partial charge in [0.15, 0.2) is 15.6 Å². The van der Waals surface area contributed by atoms with Crippen molar-refractivity contribution in [2.75, 3.05) is 0 Å². The number of carbonyl (C=O) groups excluding carboxylic acids is 1. The van der Waals surface area contributed by atoms with E-state index in [1.807, 2.05) is 0 Å². The van der Waals surface area contributed by atoms with Gasteiger partial charge in [-0.15, -0.1) is 0 Å². The number of rotatable bonds is 6. The van der Waals surface area contributed by atoms with E-state index in [4.69, 9.17) is 4.89 Å². The summed E-state index contributed by atoms with van der Waals surface area (Å²) < 4.78 is 78.2. The van der Waals surface area contributed by atoms with Crippen LogP contribution in [-0.4, -0.2) is 19.6 Å². The van der Waals surface area contributed by atoms with Gasteiger partial charge in [0.2, 0.25) is 0 Å². The van der Waals surface area contributed by atoms with Crippen LogP contribution in [0.5, 0.6) is 5.75 Å². The quantitative estimate of drug-likeness (QED) is 0.366. The fourth-order valence-corrected chi connectivity index (χ4v) is 3.40. The first-order valence-electron chi connectivity index (χ1n) is 8.50. The van der Waals surface area contributed by atoms with Gasteiger partial charge >= 0.3 is 12.1 Å². The van der Waals surface area contributed by atoms with Gasteiger partial charge in [-0.3, -0.25) is 9.78 Å². The first-order valence-corrected chi connectivity index (χ1v) is 10.0. The van der Waals surface area contributed by atoms with Gasteiger partial charge in [0.25, 0.3) is 0 Å². The fraction of sp³-hybridized carbons (Fsp3) is 0.316. The van der Waals surface area contributed by atoms with Gasteiger partial charge in [-0.05, 0) is 49.7 Å². The van der Waals surface area contributed by atoms with Gasteiger partial charge in [-0.25, -0.2) is 17.6 Å². The van der Waals surface area contributed by atoms with E-state index in [-0.39, 0.29) is 23.3 Å². The van der Waals surface area contributed by atoms with Crippen LogP contribution in [0.3, 0.4) is 0 Å². The molecule has 5 nitrogen and oxygen atoms in total. The lowest BCUT2D eigenvalue weighted by Crippen LogP contribution is -2.15. The molecule has 0 saturated carbocycles. The van der Waals surface area contributed by atoms with Crippen LogP contribution in [0.1, 0.15) is 32.8 Å². The highest BCUT2D eigenvalue weighted by Crippen LogP contribution is 2.38. The summed E-state index contributed by atoms with van der Waals surface area (Å²) in [7, 11) is -3.93. The molecule has 2 aromatic carbocycles. The van der Waals surface area contributed by atoms with E-state index in [9.17, 15) is 30.8 Å². The molecule has 0 spiro atoms. The Balaban J connectivity index is 2.58. The highest BCUT2D eigenvalue weighted by molar-refractivity contribution is 7.92. The molecule has 29 heavy (non-hydrogen) atoms. The second-order valence-corrected chi connectivity index (χ2v) is 8.81. The zero-order valence-corrected chi connectivity index (χ0v) is 16.5. The monoisotopic (exact) mass is 434 g/mol. The van der Waals surface area contributed by atoms with Crippen molar-refractivity contribution in [2.24, 2.45) is 0 Å². The molecule has 0 amide bonds. The Labute approximate surface area is 165 Å². The number of benzene rings is 2. The van der Waals surface area contributed by atoms with E-state index in [2.05, 4.69) is 4.89 Å². The standard InChI is InChI=1S/C19H18F4O5S/c1-4-18(24)28-27-16-7-6-13(19(21,22)23)10-14(16)12-5-8-17(15(20)9-12)29(25,26)11(2)3/h5-11H,4H2,1-3H3. The van der Waals surface area contributed by atoms with Crippen molar-refractivity contribution in [1.82, 2.24) is 0 Å². The minimum Gasteiger partial charge on any atom is -0.286 e. The molecule has 0 N–H and O–H groups in total. The molecule has 0 saturated heterocycles. The van der Waals surface area contributed by atoms with Crippen LogP contribution in [-0.2, 0) is 25.7 Å². The van der Waals surface area contributed by atoms with Gasteiger partial charge in [0, 0.05) is 12.0 Å². The number of hydrogen-bond donors (Lipinski definition) is 0. The predicted molar refractivity (Wildman–Crippen MR) is 96.2 cm³/mol. The van der Waals surface area contributed by atoms with Crippen LogP contribution in [0.15, 0.2) is 41.3 Å². The summed E-state index contributed by atoms with van der Waals surface area (Å²) in [5.41, 5.74) is -1.35. The maximum Gasteiger partial charge on any atom is 0.416 e. The number of carbonyl (C=O) groups is 1. The fourth-order valence-electron chi connectivity index (χ4n) is 2.31. The van der Waals surface area contributed by atoms with Crippen LogP contribution in [0, 0.1) is 5.82 Å². The summed E-state index contributed by atoms with van der Waals surface area (Å²) in [6.07, 6.45) is -4.72. The van der Waals surface area contributed by atoms with Crippen molar-refractivity contribution in [3.05, 3.63) is 47.8 Å². The lowest BCUT2D eigenvalue weighted by Gasteiger charge is -2.14. The van der Waals surface area contributed by atoms with Crippen LogP contribution in [0.25, 0.3) is 11.1 Å². The van der Waals surface area contributed by atoms with Crippen molar-refractivity contribution in [1.29, 1.82) is 0 Å². The van der Waals surface area contributed by atoms with Gasteiger partial charge in [-0.2, -0.15) is 13.2 Å². The van der Waals surface area contributed by atoms with E-state index in [0.717, 1.165) is 24.3 Å². The Morgan fingerprint density at radius 2 is 1.76 bits per heavy atom. The molecule has 0 aliphatic heterocycles. The second-order valence-electron chi connectivity index (χ2n) is 6.34. The molecule has 0 heterocycles. The average molecular weight is 434 g/mol. The van der Waals surface area contributed by atoms with E-state index >= 15 is 0 Å². The maximum atomic E-state index is 14.5. The molecule has 2 rings (SSSR count). The van der Waals surface area contributed by atoms with E-state index in [0.29, 0.717) is 12.1 Å². The number of halogens is 4. The first kappa shape index (κ1) is 22.7.